The van der Waals surface area contributed by atoms with Gasteiger partial charge in [0.1, 0.15) is 5.76 Å². The van der Waals surface area contributed by atoms with E-state index in [9.17, 15) is 18.0 Å². The van der Waals surface area contributed by atoms with Gasteiger partial charge < -0.3 is 9.73 Å². The Labute approximate surface area is 113 Å². The Morgan fingerprint density at radius 1 is 1.25 bits per heavy atom. The number of hydrogen-bond acceptors (Lipinski definition) is 2. The molecule has 2 aromatic rings. The minimum Gasteiger partial charge on any atom is -0.456 e. The molecular weight excluding hydrogens is 271 g/mol. The van der Waals surface area contributed by atoms with Gasteiger partial charge in [0.05, 0.1) is 5.56 Å². The van der Waals surface area contributed by atoms with Crippen molar-refractivity contribution in [3.8, 4) is 0 Å². The highest BCUT2D eigenvalue weighted by atomic mass is 19.4. The Bertz CT molecular complexity index is 617. The predicted molar refractivity (Wildman–Crippen MR) is 66.1 cm³/mol. The third kappa shape index (κ3) is 3.40. The van der Waals surface area contributed by atoms with E-state index in [0.717, 1.165) is 12.1 Å². The van der Waals surface area contributed by atoms with Crippen LogP contribution in [0.3, 0.4) is 0 Å². The average Bonchev–Trinajstić information content (AvgIpc) is 2.82. The monoisotopic (exact) mass is 283 g/mol. The molecule has 0 atom stereocenters. The van der Waals surface area contributed by atoms with E-state index in [1.807, 2.05) is 0 Å². The van der Waals surface area contributed by atoms with Crippen LogP contribution < -0.4 is 5.32 Å². The highest BCUT2D eigenvalue weighted by Crippen LogP contribution is 2.29. The lowest BCUT2D eigenvalue weighted by Crippen LogP contribution is -2.22. The Kier molecular flexibility index (Phi) is 3.83. The Morgan fingerprint density at radius 3 is 2.60 bits per heavy atom. The van der Waals surface area contributed by atoms with Crippen LogP contribution >= 0.6 is 0 Å². The number of furan rings is 1. The van der Waals surface area contributed by atoms with Gasteiger partial charge in [0.15, 0.2) is 5.76 Å². The molecule has 20 heavy (non-hydrogen) atoms. The van der Waals surface area contributed by atoms with Gasteiger partial charge in [0.2, 0.25) is 0 Å². The quantitative estimate of drug-likeness (QED) is 0.936. The van der Waals surface area contributed by atoms with Gasteiger partial charge in [-0.25, -0.2) is 0 Å². The van der Waals surface area contributed by atoms with E-state index in [1.165, 1.54) is 18.2 Å². The minimum atomic E-state index is -4.39. The van der Waals surface area contributed by atoms with E-state index < -0.39 is 17.6 Å². The van der Waals surface area contributed by atoms with E-state index in [-0.39, 0.29) is 12.3 Å². The van der Waals surface area contributed by atoms with Crippen LogP contribution in [0.25, 0.3) is 0 Å². The molecule has 6 heteroatoms. The lowest BCUT2D eigenvalue weighted by molar-refractivity contribution is -0.137. The van der Waals surface area contributed by atoms with Crippen molar-refractivity contribution >= 4 is 5.91 Å². The molecule has 0 aliphatic carbocycles. The highest BCUT2D eigenvalue weighted by Gasteiger charge is 2.30. The fourth-order valence-electron chi connectivity index (χ4n) is 1.68. The summed E-state index contributed by atoms with van der Waals surface area (Å²) >= 11 is 0. The van der Waals surface area contributed by atoms with Crippen LogP contribution in [0.15, 0.2) is 40.8 Å². The number of rotatable bonds is 3. The lowest BCUT2D eigenvalue weighted by atomic mass is 10.1. The number of benzene rings is 1. The van der Waals surface area contributed by atoms with Gasteiger partial charge in [0, 0.05) is 6.54 Å². The molecule has 0 bridgehead atoms. The number of carbonyl (C=O) groups excluding carboxylic acids is 1. The third-order valence-corrected chi connectivity index (χ3v) is 2.67. The summed E-state index contributed by atoms with van der Waals surface area (Å²) in [6, 6.07) is 7.97. The van der Waals surface area contributed by atoms with E-state index in [4.69, 9.17) is 4.42 Å². The highest BCUT2D eigenvalue weighted by molar-refractivity contribution is 5.91. The number of carbonyl (C=O) groups is 1. The number of halogens is 3. The van der Waals surface area contributed by atoms with E-state index in [2.05, 4.69) is 5.32 Å². The molecule has 0 fully saturated rings. The first kappa shape index (κ1) is 14.2. The summed E-state index contributed by atoms with van der Waals surface area (Å²) in [6.07, 6.45) is -4.39. The molecule has 106 valence electrons. The van der Waals surface area contributed by atoms with Crippen molar-refractivity contribution in [3.63, 3.8) is 0 Å². The van der Waals surface area contributed by atoms with Crippen molar-refractivity contribution in [2.75, 3.05) is 0 Å². The van der Waals surface area contributed by atoms with Crippen LogP contribution in [0.1, 0.15) is 27.4 Å². The maximum atomic E-state index is 12.5. The second-order valence-electron chi connectivity index (χ2n) is 4.29. The Morgan fingerprint density at radius 2 is 2.00 bits per heavy atom. The van der Waals surface area contributed by atoms with Crippen molar-refractivity contribution in [2.45, 2.75) is 19.6 Å². The molecule has 0 saturated heterocycles. The molecule has 0 radical (unpaired) electrons. The fourth-order valence-corrected chi connectivity index (χ4v) is 1.68. The van der Waals surface area contributed by atoms with Crippen molar-refractivity contribution in [1.29, 1.82) is 0 Å². The smallest absolute Gasteiger partial charge is 0.416 e. The Balaban J connectivity index is 2.02. The number of hydrogen-bond donors (Lipinski definition) is 1. The average molecular weight is 283 g/mol. The van der Waals surface area contributed by atoms with Crippen LogP contribution in [0, 0.1) is 6.92 Å². The zero-order chi connectivity index (χ0) is 14.8. The van der Waals surface area contributed by atoms with Crippen LogP contribution in [-0.4, -0.2) is 5.91 Å². The molecule has 0 spiro atoms. The van der Waals surface area contributed by atoms with Crippen molar-refractivity contribution in [1.82, 2.24) is 5.32 Å². The fraction of sp³-hybridized carbons (Fsp3) is 0.214. The van der Waals surface area contributed by atoms with E-state index in [1.54, 1.807) is 13.0 Å². The maximum Gasteiger partial charge on any atom is 0.416 e. The predicted octanol–water partition coefficient (Wildman–Crippen LogP) is 3.54. The summed E-state index contributed by atoms with van der Waals surface area (Å²) in [5.41, 5.74) is -0.366. The first-order chi connectivity index (χ1) is 9.36. The van der Waals surface area contributed by atoms with Crippen molar-refractivity contribution < 1.29 is 22.4 Å². The number of aryl methyl sites for hydroxylation is 1. The minimum absolute atomic E-state index is 0.00248. The zero-order valence-corrected chi connectivity index (χ0v) is 10.6. The summed E-state index contributed by atoms with van der Waals surface area (Å²) < 4.78 is 42.7. The molecule has 3 nitrogen and oxygen atoms in total. The molecule has 0 aliphatic rings. The molecule has 0 aliphatic heterocycles. The number of alkyl halides is 3. The van der Waals surface area contributed by atoms with E-state index in [0.29, 0.717) is 11.3 Å². The topological polar surface area (TPSA) is 42.2 Å². The number of nitrogens with one attached hydrogen (secondary N) is 1. The van der Waals surface area contributed by atoms with Gasteiger partial charge in [-0.3, -0.25) is 4.79 Å². The molecule has 1 N–H and O–H groups in total. The molecule has 2 rings (SSSR count). The first-order valence-electron chi connectivity index (χ1n) is 5.87. The normalized spacial score (nSPS) is 11.4. The van der Waals surface area contributed by atoms with Gasteiger partial charge in [0.25, 0.3) is 5.91 Å². The van der Waals surface area contributed by atoms with Crippen LogP contribution in [0.5, 0.6) is 0 Å². The van der Waals surface area contributed by atoms with Gasteiger partial charge in [-0.2, -0.15) is 13.2 Å². The second-order valence-corrected chi connectivity index (χ2v) is 4.29. The molecule has 1 aromatic carbocycles. The van der Waals surface area contributed by atoms with E-state index >= 15 is 0 Å². The van der Waals surface area contributed by atoms with Crippen LogP contribution in [-0.2, 0) is 12.7 Å². The van der Waals surface area contributed by atoms with Crippen molar-refractivity contribution in [3.05, 3.63) is 59.0 Å². The zero-order valence-electron chi connectivity index (χ0n) is 10.6. The summed E-state index contributed by atoms with van der Waals surface area (Å²) in [4.78, 5) is 11.7. The SMILES string of the molecule is Cc1ccc(C(=O)NCc2cccc(C(F)(F)F)c2)o1. The van der Waals surface area contributed by atoms with Crippen LogP contribution in [0.2, 0.25) is 0 Å². The molecule has 0 saturated carbocycles. The third-order valence-electron chi connectivity index (χ3n) is 2.67. The summed E-state index contributed by atoms with van der Waals surface area (Å²) in [5, 5.41) is 2.51. The van der Waals surface area contributed by atoms with Gasteiger partial charge in [-0.15, -0.1) is 0 Å². The first-order valence-corrected chi connectivity index (χ1v) is 5.87. The molecule has 1 aromatic heterocycles. The second kappa shape index (κ2) is 5.40. The van der Waals surface area contributed by atoms with Crippen molar-refractivity contribution in [2.24, 2.45) is 0 Å². The molecule has 1 amide bonds. The van der Waals surface area contributed by atoms with Crippen LogP contribution in [0.4, 0.5) is 13.2 Å². The van der Waals surface area contributed by atoms with Gasteiger partial charge in [-0.05, 0) is 36.8 Å². The lowest BCUT2D eigenvalue weighted by Gasteiger charge is -2.09. The van der Waals surface area contributed by atoms with Gasteiger partial charge in [-0.1, -0.05) is 12.1 Å². The summed E-state index contributed by atoms with van der Waals surface area (Å²) in [6.45, 7) is 1.70. The summed E-state index contributed by atoms with van der Waals surface area (Å²) in [5.74, 6) is 0.263. The number of amides is 1. The largest absolute Gasteiger partial charge is 0.456 e. The molecule has 1 heterocycles. The van der Waals surface area contributed by atoms with Gasteiger partial charge >= 0.3 is 6.18 Å². The molecule has 0 unspecified atom stereocenters. The summed E-state index contributed by atoms with van der Waals surface area (Å²) in [7, 11) is 0. The standard InChI is InChI=1S/C14H12F3NO2/c1-9-5-6-12(20-9)13(19)18-8-10-3-2-4-11(7-10)14(15,16)17/h2-7H,8H2,1H3,(H,18,19). The molecular formula is C14H12F3NO2. The Hall–Kier alpha value is -2.24. The maximum absolute atomic E-state index is 12.5.